The zero-order valence-electron chi connectivity index (χ0n) is 6.84. The van der Waals surface area contributed by atoms with Gasteiger partial charge >= 0.3 is 0 Å². The van der Waals surface area contributed by atoms with Gasteiger partial charge in [0.15, 0.2) is 0 Å². The first-order chi connectivity index (χ1) is 5.37. The van der Waals surface area contributed by atoms with E-state index in [1.54, 1.807) is 32.1 Å². The number of rotatable bonds is 0. The largest absolute Gasteiger partial charge is 0.0467 e. The molecule has 1 spiro atoms. The summed E-state index contributed by atoms with van der Waals surface area (Å²) in [5.74, 6) is 4.99. The van der Waals surface area contributed by atoms with E-state index in [1.165, 1.54) is 23.7 Å². The van der Waals surface area contributed by atoms with Crippen LogP contribution in [0.1, 0.15) is 32.1 Å². The fourth-order valence-electron chi connectivity index (χ4n) is 6.73. The molecule has 0 aliphatic heterocycles. The quantitative estimate of drug-likeness (QED) is 0.492. The van der Waals surface area contributed by atoms with Gasteiger partial charge in [-0.3, -0.25) is 0 Å². The molecule has 5 aliphatic carbocycles. The van der Waals surface area contributed by atoms with E-state index >= 15 is 0 Å². The van der Waals surface area contributed by atoms with Gasteiger partial charge in [0.2, 0.25) is 0 Å². The molecule has 2 bridgehead atoms. The summed E-state index contributed by atoms with van der Waals surface area (Å²) in [5, 5.41) is 0. The molecule has 0 amide bonds. The van der Waals surface area contributed by atoms with Gasteiger partial charge < -0.3 is 0 Å². The molecule has 0 aromatic heterocycles. The summed E-state index contributed by atoms with van der Waals surface area (Å²) in [5.41, 5.74) is 2.03. The van der Waals surface area contributed by atoms with Crippen molar-refractivity contribution in [3.05, 3.63) is 0 Å². The first kappa shape index (κ1) is 4.89. The maximum atomic E-state index is 1.67. The minimum atomic E-state index is 0.994. The third-order valence-electron chi connectivity index (χ3n) is 6.51. The molecule has 6 atom stereocenters. The predicted octanol–water partition coefficient (Wildman–Crippen LogP) is 2.44. The Hall–Kier alpha value is 0. The Labute approximate surface area is 67.4 Å². The molecule has 0 heterocycles. The summed E-state index contributed by atoms with van der Waals surface area (Å²) in [6, 6.07) is 0. The van der Waals surface area contributed by atoms with Gasteiger partial charge in [0.05, 0.1) is 0 Å². The Balaban J connectivity index is 1.88. The Kier molecular flexibility index (Phi) is 0.428. The van der Waals surface area contributed by atoms with Crippen molar-refractivity contribution >= 4 is 0 Å². The van der Waals surface area contributed by atoms with Gasteiger partial charge in [-0.25, -0.2) is 0 Å². The van der Waals surface area contributed by atoms with E-state index in [1.807, 2.05) is 0 Å². The third-order valence-corrected chi connectivity index (χ3v) is 6.51. The predicted molar refractivity (Wildman–Crippen MR) is 41.9 cm³/mol. The molecule has 6 unspecified atom stereocenters. The lowest BCUT2D eigenvalue weighted by molar-refractivity contribution is -0.325. The van der Waals surface area contributed by atoms with E-state index in [9.17, 15) is 0 Å². The molecular weight excluding hydrogens is 132 g/mol. The highest BCUT2D eigenvalue weighted by Crippen LogP contribution is 2.96. The second-order valence-corrected chi connectivity index (χ2v) is 6.06. The summed E-state index contributed by atoms with van der Waals surface area (Å²) in [6.07, 6.45) is 8.31. The minimum Gasteiger partial charge on any atom is -0.0467 e. The van der Waals surface area contributed by atoms with Crippen LogP contribution in [0.15, 0.2) is 0 Å². The Bertz CT molecular complexity index is 276. The van der Waals surface area contributed by atoms with Crippen LogP contribution in [0.3, 0.4) is 0 Å². The Morgan fingerprint density at radius 3 is 2.27 bits per heavy atom. The van der Waals surface area contributed by atoms with Crippen molar-refractivity contribution in [3.63, 3.8) is 0 Å². The molecular formula is C11H14. The van der Waals surface area contributed by atoms with Crippen LogP contribution in [-0.2, 0) is 0 Å². The lowest BCUT2D eigenvalue weighted by Crippen LogP contribution is -2.74. The van der Waals surface area contributed by atoms with E-state index in [0.717, 1.165) is 10.8 Å². The lowest BCUT2D eigenvalue weighted by Gasteiger charge is -2.80. The van der Waals surface area contributed by atoms with Crippen molar-refractivity contribution in [1.29, 1.82) is 0 Å². The van der Waals surface area contributed by atoms with Gasteiger partial charge in [0.25, 0.3) is 0 Å². The van der Waals surface area contributed by atoms with Gasteiger partial charge in [-0.2, -0.15) is 0 Å². The molecule has 0 nitrogen and oxygen atoms in total. The zero-order valence-corrected chi connectivity index (χ0v) is 6.84. The van der Waals surface area contributed by atoms with Gasteiger partial charge in [0.1, 0.15) is 0 Å². The molecule has 0 N–H and O–H groups in total. The molecule has 11 heavy (non-hydrogen) atoms. The van der Waals surface area contributed by atoms with Crippen LogP contribution in [-0.4, -0.2) is 0 Å². The first-order valence-corrected chi connectivity index (χ1v) is 5.37. The standard InChI is InChI=1S/C11H14/c1-6-3-10-4-7(1)11(10)8(5-10)2-9(6)11/h6-9H,1-5H2. The van der Waals surface area contributed by atoms with E-state index in [0.29, 0.717) is 0 Å². The Morgan fingerprint density at radius 1 is 0.909 bits per heavy atom. The molecule has 5 aliphatic rings. The average Bonchev–Trinajstić information content (AvgIpc) is 2.12. The smallest absolute Gasteiger partial charge is 0.0152 e. The molecule has 58 valence electrons. The van der Waals surface area contributed by atoms with Crippen molar-refractivity contribution < 1.29 is 0 Å². The van der Waals surface area contributed by atoms with Crippen molar-refractivity contribution in [1.82, 2.24) is 0 Å². The van der Waals surface area contributed by atoms with Gasteiger partial charge in [0, 0.05) is 0 Å². The van der Waals surface area contributed by atoms with Gasteiger partial charge in [-0.05, 0) is 66.6 Å². The zero-order chi connectivity index (χ0) is 6.84. The molecule has 0 aromatic carbocycles. The second-order valence-electron chi connectivity index (χ2n) is 6.06. The topological polar surface area (TPSA) is 0 Å². The molecule has 0 aromatic rings. The minimum absolute atomic E-state index is 0.994. The average molecular weight is 146 g/mol. The van der Waals surface area contributed by atoms with Crippen LogP contribution in [0.5, 0.6) is 0 Å². The molecule has 0 saturated heterocycles. The van der Waals surface area contributed by atoms with Crippen LogP contribution >= 0.6 is 0 Å². The summed E-state index contributed by atoms with van der Waals surface area (Å²) >= 11 is 0. The lowest BCUT2D eigenvalue weighted by atomic mass is 9.24. The first-order valence-electron chi connectivity index (χ1n) is 5.37. The van der Waals surface area contributed by atoms with Crippen molar-refractivity contribution in [2.24, 2.45) is 34.5 Å². The maximum Gasteiger partial charge on any atom is -0.0152 e. The highest BCUT2D eigenvalue weighted by atomic mass is 14.9. The number of hydrogen-bond donors (Lipinski definition) is 0. The van der Waals surface area contributed by atoms with Crippen LogP contribution in [0.2, 0.25) is 0 Å². The fraction of sp³-hybridized carbons (Fsp3) is 1.00. The highest BCUT2D eigenvalue weighted by molar-refractivity contribution is 5.38. The summed E-state index contributed by atoms with van der Waals surface area (Å²) in [4.78, 5) is 0. The molecule has 0 heteroatoms. The molecule has 5 saturated carbocycles. The van der Waals surface area contributed by atoms with Crippen molar-refractivity contribution in [2.45, 2.75) is 32.1 Å². The summed E-state index contributed by atoms with van der Waals surface area (Å²) < 4.78 is 0. The van der Waals surface area contributed by atoms with Crippen LogP contribution < -0.4 is 0 Å². The van der Waals surface area contributed by atoms with E-state index in [-0.39, 0.29) is 0 Å². The van der Waals surface area contributed by atoms with Gasteiger partial charge in [-0.15, -0.1) is 0 Å². The van der Waals surface area contributed by atoms with E-state index < -0.39 is 0 Å². The Morgan fingerprint density at radius 2 is 1.73 bits per heavy atom. The van der Waals surface area contributed by atoms with Crippen LogP contribution in [0.4, 0.5) is 0 Å². The van der Waals surface area contributed by atoms with Crippen molar-refractivity contribution in [3.8, 4) is 0 Å². The van der Waals surface area contributed by atoms with Crippen LogP contribution in [0.25, 0.3) is 0 Å². The third kappa shape index (κ3) is 0.219. The monoisotopic (exact) mass is 146 g/mol. The maximum absolute atomic E-state index is 1.67. The molecule has 5 fully saturated rings. The number of hydrogen-bond acceptors (Lipinski definition) is 0. The summed E-state index contributed by atoms with van der Waals surface area (Å²) in [6.45, 7) is 0. The fourth-order valence-corrected chi connectivity index (χ4v) is 6.73. The summed E-state index contributed by atoms with van der Waals surface area (Å²) in [7, 11) is 0. The van der Waals surface area contributed by atoms with E-state index in [2.05, 4.69) is 0 Å². The second kappa shape index (κ2) is 0.963. The molecule has 5 rings (SSSR count). The SMILES string of the molecule is C1C2CC34CC1C31C(CC21)C4. The van der Waals surface area contributed by atoms with Crippen molar-refractivity contribution in [2.75, 3.05) is 0 Å². The van der Waals surface area contributed by atoms with Crippen LogP contribution in [0, 0.1) is 34.5 Å². The van der Waals surface area contributed by atoms with E-state index in [4.69, 9.17) is 0 Å². The normalized spacial score (nSPS) is 85.1. The highest BCUT2D eigenvalue weighted by Gasteiger charge is 2.89. The van der Waals surface area contributed by atoms with Gasteiger partial charge in [-0.1, -0.05) is 0 Å². The molecule has 0 radical (unpaired) electrons.